The summed E-state index contributed by atoms with van der Waals surface area (Å²) in [5.41, 5.74) is 0. The first-order valence-corrected chi connectivity index (χ1v) is 4.11. The van der Waals surface area contributed by atoms with Crippen molar-refractivity contribution in [2.45, 2.75) is 0 Å². The molecule has 1 aliphatic rings. The quantitative estimate of drug-likeness (QED) is 0.570. The molecule has 12 heavy (non-hydrogen) atoms. The average molecular weight is 168 g/mol. The molecule has 1 saturated heterocycles. The van der Waals surface area contributed by atoms with Gasteiger partial charge in [-0.05, 0) is 0 Å². The minimum atomic E-state index is -0.00944. The molecule has 1 radical (unpaired) electrons. The summed E-state index contributed by atoms with van der Waals surface area (Å²) in [6.07, 6.45) is 1.67. The maximum Gasteiger partial charge on any atom is 0.317 e. The maximum absolute atomic E-state index is 11.3. The zero-order valence-electron chi connectivity index (χ0n) is 7.12. The number of urea groups is 1. The Morgan fingerprint density at radius 2 is 2.25 bits per heavy atom. The Labute approximate surface area is 72.6 Å². The van der Waals surface area contributed by atoms with Crippen LogP contribution in [-0.4, -0.2) is 43.7 Å². The van der Waals surface area contributed by atoms with Gasteiger partial charge >= 0.3 is 6.03 Å². The summed E-state index contributed by atoms with van der Waals surface area (Å²) in [6, 6.07) is -0.00944. The fourth-order valence-electron chi connectivity index (χ4n) is 1.08. The Morgan fingerprint density at radius 3 is 2.83 bits per heavy atom. The van der Waals surface area contributed by atoms with Gasteiger partial charge in [-0.15, -0.1) is 6.58 Å². The van der Waals surface area contributed by atoms with Gasteiger partial charge in [-0.3, -0.25) is 0 Å². The largest absolute Gasteiger partial charge is 0.335 e. The van der Waals surface area contributed by atoms with E-state index >= 15 is 0 Å². The highest BCUT2D eigenvalue weighted by atomic mass is 16.2. The Balaban J connectivity index is 2.24. The minimum absolute atomic E-state index is 0.00944. The van der Waals surface area contributed by atoms with Crippen molar-refractivity contribution >= 4 is 6.03 Å². The van der Waals surface area contributed by atoms with Crippen LogP contribution < -0.4 is 10.6 Å². The van der Waals surface area contributed by atoms with E-state index in [2.05, 4.69) is 17.2 Å². The Morgan fingerprint density at radius 1 is 1.58 bits per heavy atom. The van der Waals surface area contributed by atoms with Crippen LogP contribution >= 0.6 is 0 Å². The van der Waals surface area contributed by atoms with Crippen LogP contribution in [0.2, 0.25) is 0 Å². The van der Waals surface area contributed by atoms with Crippen LogP contribution in [0.15, 0.2) is 12.7 Å². The zero-order valence-corrected chi connectivity index (χ0v) is 7.12. The first kappa shape index (κ1) is 9.06. The normalized spacial score (nSPS) is 17.2. The fourth-order valence-corrected chi connectivity index (χ4v) is 1.08. The number of nitrogens with zero attached hydrogens (tertiary/aromatic N) is 2. The molecule has 0 aromatic carbocycles. The second-order valence-electron chi connectivity index (χ2n) is 2.63. The van der Waals surface area contributed by atoms with Gasteiger partial charge in [-0.25, -0.2) is 10.1 Å². The van der Waals surface area contributed by atoms with Crippen molar-refractivity contribution < 1.29 is 4.79 Å². The minimum Gasteiger partial charge on any atom is -0.335 e. The second kappa shape index (κ2) is 4.77. The summed E-state index contributed by atoms with van der Waals surface area (Å²) in [6.45, 7) is 7.07. The zero-order chi connectivity index (χ0) is 8.81. The summed E-state index contributed by atoms with van der Waals surface area (Å²) in [4.78, 5) is 13.1. The van der Waals surface area contributed by atoms with Gasteiger partial charge in [0, 0.05) is 32.7 Å². The number of carbonyl (C=O) groups excluding carboxylic acids is 1. The van der Waals surface area contributed by atoms with Gasteiger partial charge in [-0.2, -0.15) is 0 Å². The van der Waals surface area contributed by atoms with E-state index < -0.39 is 0 Å². The molecule has 0 saturated carbocycles. The monoisotopic (exact) mass is 168 g/mol. The lowest BCUT2D eigenvalue weighted by atomic mass is 10.4. The molecule has 0 bridgehead atoms. The molecule has 0 atom stereocenters. The molecule has 0 unspecified atom stereocenters. The van der Waals surface area contributed by atoms with Gasteiger partial charge in [-0.1, -0.05) is 6.08 Å². The molecule has 1 N–H and O–H groups in total. The van der Waals surface area contributed by atoms with Crippen LogP contribution in [0.25, 0.3) is 0 Å². The Kier molecular flexibility index (Phi) is 3.60. The van der Waals surface area contributed by atoms with E-state index in [1.54, 1.807) is 11.0 Å². The van der Waals surface area contributed by atoms with E-state index in [1.165, 1.54) is 0 Å². The number of amides is 2. The Hall–Kier alpha value is -1.03. The van der Waals surface area contributed by atoms with Gasteiger partial charge in [0.05, 0.1) is 0 Å². The van der Waals surface area contributed by atoms with Gasteiger partial charge in [0.25, 0.3) is 0 Å². The van der Waals surface area contributed by atoms with Crippen LogP contribution in [0.3, 0.4) is 0 Å². The highest BCUT2D eigenvalue weighted by Crippen LogP contribution is 1.92. The average Bonchev–Trinajstić information content (AvgIpc) is 2.15. The predicted molar refractivity (Wildman–Crippen MR) is 47.0 cm³/mol. The highest BCUT2D eigenvalue weighted by molar-refractivity contribution is 5.74. The summed E-state index contributed by atoms with van der Waals surface area (Å²) in [5.74, 6) is 0. The lowest BCUT2D eigenvalue weighted by molar-refractivity contribution is 0.190. The molecule has 0 aliphatic carbocycles. The van der Waals surface area contributed by atoms with Crippen LogP contribution in [0.1, 0.15) is 0 Å². The number of carbonyl (C=O) groups is 1. The van der Waals surface area contributed by atoms with E-state index in [0.29, 0.717) is 6.54 Å². The molecular weight excluding hydrogens is 154 g/mol. The third-order valence-electron chi connectivity index (χ3n) is 1.74. The number of hydrogen-bond acceptors (Lipinski definition) is 1. The SMILES string of the molecule is C=CCNC(=O)N1CC[N]CC1. The number of hydrogen-bond donors (Lipinski definition) is 1. The molecule has 1 aliphatic heterocycles. The summed E-state index contributed by atoms with van der Waals surface area (Å²) < 4.78 is 0. The number of piperazine rings is 1. The molecule has 4 nitrogen and oxygen atoms in total. The first-order chi connectivity index (χ1) is 5.84. The van der Waals surface area contributed by atoms with E-state index in [4.69, 9.17) is 0 Å². The molecular formula is C8H14N3O. The third kappa shape index (κ3) is 2.54. The Bertz CT molecular complexity index is 164. The van der Waals surface area contributed by atoms with E-state index in [0.717, 1.165) is 26.2 Å². The van der Waals surface area contributed by atoms with E-state index in [-0.39, 0.29) is 6.03 Å². The molecule has 1 fully saturated rings. The standard InChI is InChI=1S/C8H14N3O/c1-2-3-10-8(12)11-6-4-9-5-7-11/h2H,1,3-7H2,(H,10,12). The van der Waals surface area contributed by atoms with E-state index in [1.807, 2.05) is 0 Å². The fraction of sp³-hybridized carbons (Fsp3) is 0.625. The van der Waals surface area contributed by atoms with Crippen molar-refractivity contribution in [3.05, 3.63) is 12.7 Å². The number of nitrogens with one attached hydrogen (secondary N) is 1. The third-order valence-corrected chi connectivity index (χ3v) is 1.74. The van der Waals surface area contributed by atoms with Crippen LogP contribution in [0, 0.1) is 0 Å². The molecule has 4 heteroatoms. The second-order valence-corrected chi connectivity index (χ2v) is 2.63. The summed E-state index contributed by atoms with van der Waals surface area (Å²) in [7, 11) is 0. The smallest absolute Gasteiger partial charge is 0.317 e. The molecule has 2 amide bonds. The predicted octanol–water partition coefficient (Wildman–Crippen LogP) is -0.198. The van der Waals surface area contributed by atoms with Gasteiger partial charge in [0.2, 0.25) is 0 Å². The van der Waals surface area contributed by atoms with Gasteiger partial charge in [0.15, 0.2) is 0 Å². The van der Waals surface area contributed by atoms with Crippen LogP contribution in [-0.2, 0) is 0 Å². The van der Waals surface area contributed by atoms with Gasteiger partial charge < -0.3 is 10.2 Å². The number of rotatable bonds is 2. The van der Waals surface area contributed by atoms with Crippen molar-refractivity contribution in [1.82, 2.24) is 15.5 Å². The summed E-state index contributed by atoms with van der Waals surface area (Å²) in [5, 5.41) is 6.88. The topological polar surface area (TPSA) is 46.4 Å². The molecule has 67 valence electrons. The highest BCUT2D eigenvalue weighted by Gasteiger charge is 2.14. The van der Waals surface area contributed by atoms with Crippen molar-refractivity contribution in [3.8, 4) is 0 Å². The molecule has 1 heterocycles. The lowest BCUT2D eigenvalue weighted by Gasteiger charge is -2.26. The van der Waals surface area contributed by atoms with Crippen molar-refractivity contribution in [1.29, 1.82) is 0 Å². The molecule has 0 spiro atoms. The van der Waals surface area contributed by atoms with Crippen LogP contribution in [0.5, 0.6) is 0 Å². The van der Waals surface area contributed by atoms with Crippen molar-refractivity contribution in [3.63, 3.8) is 0 Å². The van der Waals surface area contributed by atoms with Crippen LogP contribution in [0.4, 0.5) is 4.79 Å². The van der Waals surface area contributed by atoms with Crippen molar-refractivity contribution in [2.24, 2.45) is 0 Å². The lowest BCUT2D eigenvalue weighted by Crippen LogP contribution is -2.48. The molecule has 0 aromatic rings. The van der Waals surface area contributed by atoms with Crippen molar-refractivity contribution in [2.75, 3.05) is 32.7 Å². The molecule has 1 rings (SSSR count). The molecule has 0 aromatic heterocycles. The van der Waals surface area contributed by atoms with E-state index in [9.17, 15) is 4.79 Å². The first-order valence-electron chi connectivity index (χ1n) is 4.11. The summed E-state index contributed by atoms with van der Waals surface area (Å²) >= 11 is 0. The maximum atomic E-state index is 11.3. The van der Waals surface area contributed by atoms with Gasteiger partial charge in [0.1, 0.15) is 0 Å².